The average Bonchev–Trinajstić information content (AvgIpc) is 2.92. The maximum absolute atomic E-state index is 11.8. The smallest absolute Gasteiger partial charge is 0.136 e. The van der Waals surface area contributed by atoms with E-state index >= 15 is 0 Å². The van der Waals surface area contributed by atoms with Gasteiger partial charge >= 0.3 is 0 Å². The van der Waals surface area contributed by atoms with Crippen LogP contribution in [-0.2, 0) is 4.79 Å². The van der Waals surface area contributed by atoms with Crippen LogP contribution in [0.1, 0.15) is 58.3 Å². The summed E-state index contributed by atoms with van der Waals surface area (Å²) < 4.78 is 0. The molecule has 2 aliphatic rings. The van der Waals surface area contributed by atoms with E-state index in [0.717, 1.165) is 24.7 Å². The Hall–Kier alpha value is -0.330. The van der Waals surface area contributed by atoms with Gasteiger partial charge in [-0.1, -0.05) is 32.6 Å². The predicted octanol–water partition coefficient (Wildman–Crippen LogP) is 3.57. The second-order valence-electron chi connectivity index (χ2n) is 5.06. The van der Waals surface area contributed by atoms with Crippen LogP contribution in [0.3, 0.4) is 0 Å². The molecule has 0 bridgehead atoms. The molecule has 0 aromatic carbocycles. The van der Waals surface area contributed by atoms with Gasteiger partial charge in [-0.2, -0.15) is 0 Å². The van der Waals surface area contributed by atoms with Gasteiger partial charge in [0, 0.05) is 12.3 Å². The van der Waals surface area contributed by atoms with Crippen LogP contribution in [0.2, 0.25) is 0 Å². The highest BCUT2D eigenvalue weighted by molar-refractivity contribution is 5.84. The summed E-state index contributed by atoms with van der Waals surface area (Å²) in [5, 5.41) is 0. The van der Waals surface area contributed by atoms with E-state index in [1.165, 1.54) is 38.5 Å². The molecule has 0 aliphatic heterocycles. The number of carbonyl (C=O) groups excluding carboxylic acids is 1. The molecule has 2 fully saturated rings. The Kier molecular flexibility index (Phi) is 3.25. The molecule has 0 aromatic rings. The van der Waals surface area contributed by atoms with E-state index in [9.17, 15) is 4.79 Å². The fourth-order valence-electron chi connectivity index (χ4n) is 3.19. The largest absolute Gasteiger partial charge is 0.299 e. The molecule has 1 heteroatoms. The molecule has 2 unspecified atom stereocenters. The number of hydrogen-bond donors (Lipinski definition) is 0. The lowest BCUT2D eigenvalue weighted by Gasteiger charge is -2.04. The Bertz CT molecular complexity index is 197. The summed E-state index contributed by atoms with van der Waals surface area (Å²) in [6.07, 6.45) is 9.89. The predicted molar refractivity (Wildman–Crippen MR) is 58.1 cm³/mol. The van der Waals surface area contributed by atoms with Gasteiger partial charge in [0.15, 0.2) is 0 Å². The Labute approximate surface area is 87.3 Å². The third-order valence-corrected chi connectivity index (χ3v) is 4.06. The Morgan fingerprint density at radius 3 is 2.36 bits per heavy atom. The van der Waals surface area contributed by atoms with Gasteiger partial charge in [0.2, 0.25) is 0 Å². The van der Waals surface area contributed by atoms with Crippen LogP contribution in [0, 0.1) is 17.8 Å². The first-order valence-corrected chi connectivity index (χ1v) is 6.37. The highest BCUT2D eigenvalue weighted by Crippen LogP contribution is 2.56. The van der Waals surface area contributed by atoms with Crippen molar-refractivity contribution in [1.29, 1.82) is 0 Å². The molecule has 1 nitrogen and oxygen atoms in total. The fourth-order valence-corrected chi connectivity index (χ4v) is 3.19. The number of Topliss-reactive ketones (excluding diaryl/α,β-unsaturated/α-hetero) is 1. The third-order valence-electron chi connectivity index (χ3n) is 4.06. The van der Waals surface area contributed by atoms with Gasteiger partial charge in [0.05, 0.1) is 0 Å². The van der Waals surface area contributed by atoms with Gasteiger partial charge in [-0.15, -0.1) is 0 Å². The zero-order chi connectivity index (χ0) is 9.97. The molecule has 14 heavy (non-hydrogen) atoms. The lowest BCUT2D eigenvalue weighted by molar-refractivity contribution is -0.120. The molecular weight excluding hydrogens is 172 g/mol. The summed E-state index contributed by atoms with van der Waals surface area (Å²) in [6, 6.07) is 0. The zero-order valence-electron chi connectivity index (χ0n) is 9.30. The molecule has 0 saturated heterocycles. The first kappa shape index (κ1) is 10.2. The Morgan fingerprint density at radius 2 is 1.79 bits per heavy atom. The van der Waals surface area contributed by atoms with Crippen molar-refractivity contribution in [2.45, 2.75) is 58.3 Å². The van der Waals surface area contributed by atoms with Crippen LogP contribution in [0.4, 0.5) is 0 Å². The topological polar surface area (TPSA) is 17.1 Å². The van der Waals surface area contributed by atoms with E-state index in [0.29, 0.717) is 11.7 Å². The molecule has 2 rings (SSSR count). The van der Waals surface area contributed by atoms with E-state index in [-0.39, 0.29) is 0 Å². The van der Waals surface area contributed by atoms with Crippen LogP contribution < -0.4 is 0 Å². The molecule has 0 amide bonds. The maximum atomic E-state index is 11.8. The molecule has 0 heterocycles. The van der Waals surface area contributed by atoms with E-state index in [4.69, 9.17) is 0 Å². The third kappa shape index (κ3) is 2.02. The quantitative estimate of drug-likeness (QED) is 0.611. The van der Waals surface area contributed by atoms with Gasteiger partial charge in [-0.05, 0) is 31.1 Å². The monoisotopic (exact) mass is 194 g/mol. The van der Waals surface area contributed by atoms with Crippen molar-refractivity contribution in [2.24, 2.45) is 17.8 Å². The minimum absolute atomic E-state index is 0.509. The second kappa shape index (κ2) is 4.46. The van der Waals surface area contributed by atoms with Gasteiger partial charge in [0.1, 0.15) is 5.78 Å². The Morgan fingerprint density at radius 1 is 1.14 bits per heavy atom. The number of fused-ring (bicyclic) bond motifs is 1. The van der Waals surface area contributed by atoms with Gasteiger partial charge in [0.25, 0.3) is 0 Å². The SMILES string of the molecule is CCCCCC(=O)C1C2CCCCC21. The van der Waals surface area contributed by atoms with Gasteiger partial charge in [-0.3, -0.25) is 4.79 Å². The highest BCUT2D eigenvalue weighted by atomic mass is 16.1. The van der Waals surface area contributed by atoms with Crippen LogP contribution >= 0.6 is 0 Å². The van der Waals surface area contributed by atoms with E-state index < -0.39 is 0 Å². The van der Waals surface area contributed by atoms with Crippen LogP contribution in [0.5, 0.6) is 0 Å². The van der Waals surface area contributed by atoms with Crippen LogP contribution in [-0.4, -0.2) is 5.78 Å². The van der Waals surface area contributed by atoms with Crippen molar-refractivity contribution in [3.63, 3.8) is 0 Å². The number of carbonyl (C=O) groups is 1. The first-order chi connectivity index (χ1) is 6.84. The number of rotatable bonds is 5. The van der Waals surface area contributed by atoms with Crippen LogP contribution in [0.25, 0.3) is 0 Å². The van der Waals surface area contributed by atoms with Crippen LogP contribution in [0.15, 0.2) is 0 Å². The molecule has 80 valence electrons. The normalized spacial score (nSPS) is 35.1. The van der Waals surface area contributed by atoms with Crippen molar-refractivity contribution >= 4 is 5.78 Å². The van der Waals surface area contributed by atoms with Crippen molar-refractivity contribution in [1.82, 2.24) is 0 Å². The first-order valence-electron chi connectivity index (χ1n) is 6.37. The number of unbranched alkanes of at least 4 members (excludes halogenated alkanes) is 2. The molecule has 0 spiro atoms. The summed E-state index contributed by atoms with van der Waals surface area (Å²) in [4.78, 5) is 11.8. The lowest BCUT2D eigenvalue weighted by atomic mass is 10.0. The summed E-state index contributed by atoms with van der Waals surface area (Å²) in [7, 11) is 0. The van der Waals surface area contributed by atoms with Crippen molar-refractivity contribution in [2.75, 3.05) is 0 Å². The summed E-state index contributed by atoms with van der Waals surface area (Å²) >= 11 is 0. The molecule has 0 radical (unpaired) electrons. The molecular formula is C13H22O. The van der Waals surface area contributed by atoms with E-state index in [1.807, 2.05) is 0 Å². The highest BCUT2D eigenvalue weighted by Gasteiger charge is 2.53. The van der Waals surface area contributed by atoms with Crippen molar-refractivity contribution in [3.8, 4) is 0 Å². The molecule has 2 aliphatic carbocycles. The average molecular weight is 194 g/mol. The summed E-state index contributed by atoms with van der Waals surface area (Å²) in [5.41, 5.74) is 0. The number of hydrogen-bond acceptors (Lipinski definition) is 1. The van der Waals surface area contributed by atoms with Crippen molar-refractivity contribution in [3.05, 3.63) is 0 Å². The minimum atomic E-state index is 0.509. The number of ketones is 1. The zero-order valence-corrected chi connectivity index (χ0v) is 9.30. The standard InChI is InChI=1S/C13H22O/c1-2-3-4-9-12(14)13-10-7-5-6-8-11(10)13/h10-11,13H,2-9H2,1H3. The van der Waals surface area contributed by atoms with E-state index in [2.05, 4.69) is 6.92 Å². The molecule has 0 N–H and O–H groups in total. The Balaban J connectivity index is 1.71. The lowest BCUT2D eigenvalue weighted by Crippen LogP contribution is -2.02. The second-order valence-corrected chi connectivity index (χ2v) is 5.06. The summed E-state index contributed by atoms with van der Waals surface area (Å²) in [5.74, 6) is 2.74. The molecule has 2 saturated carbocycles. The van der Waals surface area contributed by atoms with E-state index in [1.54, 1.807) is 0 Å². The minimum Gasteiger partial charge on any atom is -0.299 e. The maximum Gasteiger partial charge on any atom is 0.136 e. The molecule has 2 atom stereocenters. The van der Waals surface area contributed by atoms with Gasteiger partial charge < -0.3 is 0 Å². The van der Waals surface area contributed by atoms with Crippen molar-refractivity contribution < 1.29 is 4.79 Å². The van der Waals surface area contributed by atoms with Gasteiger partial charge in [-0.25, -0.2) is 0 Å². The summed E-state index contributed by atoms with van der Waals surface area (Å²) in [6.45, 7) is 2.20. The molecule has 0 aromatic heterocycles. The fraction of sp³-hybridized carbons (Fsp3) is 0.923.